The monoisotopic (exact) mass is 251 g/mol. The van der Waals surface area contributed by atoms with Crippen LogP contribution in [0.3, 0.4) is 0 Å². The van der Waals surface area contributed by atoms with Crippen molar-refractivity contribution in [2.24, 2.45) is 5.41 Å². The largest absolute Gasteiger partial charge is 0.544 e. The van der Waals surface area contributed by atoms with Crippen molar-refractivity contribution < 1.29 is 28.2 Å². The van der Waals surface area contributed by atoms with E-state index in [0.717, 1.165) is 0 Å². The molecule has 0 aliphatic rings. The third-order valence-corrected chi connectivity index (χ3v) is 2.73. The topological polar surface area (TPSA) is 66.4 Å². The maximum Gasteiger partial charge on any atom is 0.323 e. The molecule has 4 nitrogen and oxygen atoms in total. The molecular weight excluding hydrogens is 234 g/mol. The number of carboxylic acids is 1. The summed E-state index contributed by atoms with van der Waals surface area (Å²) >= 11 is 0. The van der Waals surface area contributed by atoms with Crippen LogP contribution in [0, 0.1) is 5.41 Å². The van der Waals surface area contributed by atoms with Gasteiger partial charge in [0.25, 0.3) is 0 Å². The maximum atomic E-state index is 13.1. The van der Waals surface area contributed by atoms with Crippen molar-refractivity contribution >= 4 is 11.9 Å². The third-order valence-electron chi connectivity index (χ3n) is 2.73. The highest BCUT2D eigenvalue weighted by molar-refractivity contribution is 5.78. The van der Waals surface area contributed by atoms with Crippen molar-refractivity contribution in [1.82, 2.24) is 0 Å². The number of alkyl halides is 2. The minimum Gasteiger partial charge on any atom is -0.544 e. The minimum atomic E-state index is -4.17. The van der Waals surface area contributed by atoms with Crippen LogP contribution in [0.25, 0.3) is 0 Å². The molecule has 0 N–H and O–H groups in total. The van der Waals surface area contributed by atoms with E-state index in [1.807, 2.05) is 0 Å². The summed E-state index contributed by atoms with van der Waals surface area (Å²) in [5.74, 6) is -7.55. The number of aliphatic carboxylic acids is 1. The van der Waals surface area contributed by atoms with Gasteiger partial charge in [0.15, 0.2) is 6.10 Å². The fourth-order valence-corrected chi connectivity index (χ4v) is 0.978. The van der Waals surface area contributed by atoms with E-state index in [-0.39, 0.29) is 6.42 Å². The molecule has 0 aromatic rings. The molecule has 0 radical (unpaired) electrons. The number of hydrogen-bond acceptors (Lipinski definition) is 4. The summed E-state index contributed by atoms with van der Waals surface area (Å²) in [6.07, 6.45) is -1.89. The maximum absolute atomic E-state index is 13.1. The summed E-state index contributed by atoms with van der Waals surface area (Å²) in [5, 5.41) is 10.3. The molecular formula is C11H17F2O4-. The fraction of sp³-hybridized carbons (Fsp3) is 0.818. The van der Waals surface area contributed by atoms with Gasteiger partial charge >= 0.3 is 11.9 Å². The normalized spacial score (nSPS) is 14.2. The van der Waals surface area contributed by atoms with Gasteiger partial charge in [-0.2, -0.15) is 8.78 Å². The average molecular weight is 251 g/mol. The molecule has 0 fully saturated rings. The molecule has 100 valence electrons. The second-order valence-electron chi connectivity index (χ2n) is 4.45. The van der Waals surface area contributed by atoms with Crippen molar-refractivity contribution in [1.29, 1.82) is 0 Å². The third kappa shape index (κ3) is 3.64. The van der Waals surface area contributed by atoms with Crippen LogP contribution >= 0.6 is 0 Å². The Hall–Kier alpha value is -1.20. The molecule has 0 heterocycles. The Kier molecular flexibility index (Phi) is 5.04. The molecule has 0 aromatic heterocycles. The molecule has 0 rings (SSSR count). The Bertz CT molecular complexity index is 300. The summed E-state index contributed by atoms with van der Waals surface area (Å²) in [6.45, 7) is 6.10. The predicted molar refractivity (Wildman–Crippen MR) is 54.2 cm³/mol. The molecule has 0 amide bonds. The van der Waals surface area contributed by atoms with Gasteiger partial charge in [0.2, 0.25) is 0 Å². The van der Waals surface area contributed by atoms with Gasteiger partial charge in [-0.1, -0.05) is 13.8 Å². The van der Waals surface area contributed by atoms with E-state index in [4.69, 9.17) is 0 Å². The molecule has 1 atom stereocenters. The Morgan fingerprint density at radius 2 is 1.76 bits per heavy atom. The molecule has 1 unspecified atom stereocenters. The molecule has 0 bridgehead atoms. The Morgan fingerprint density at radius 1 is 1.29 bits per heavy atom. The number of carboxylic acid groups (broad SMARTS) is 1. The van der Waals surface area contributed by atoms with Gasteiger partial charge in [-0.25, -0.2) is 0 Å². The summed E-state index contributed by atoms with van der Waals surface area (Å²) in [7, 11) is 0. The lowest BCUT2D eigenvalue weighted by atomic mass is 9.90. The quantitative estimate of drug-likeness (QED) is 0.664. The SMILES string of the molecule is CCC(OC(=O)C(C)(C)CC)C(F)(F)C(=O)[O-]. The molecule has 0 saturated carbocycles. The average Bonchev–Trinajstić information content (AvgIpc) is 2.24. The van der Waals surface area contributed by atoms with Crippen LogP contribution in [0.1, 0.15) is 40.5 Å². The molecule has 0 aromatic carbocycles. The minimum absolute atomic E-state index is 0.299. The number of hydrogen-bond donors (Lipinski definition) is 0. The lowest BCUT2D eigenvalue weighted by Gasteiger charge is -2.30. The highest BCUT2D eigenvalue weighted by Crippen LogP contribution is 2.28. The van der Waals surface area contributed by atoms with Crippen LogP contribution in [-0.4, -0.2) is 24.0 Å². The lowest BCUT2D eigenvalue weighted by molar-refractivity contribution is -0.336. The van der Waals surface area contributed by atoms with Crippen molar-refractivity contribution in [2.75, 3.05) is 0 Å². The molecule has 6 heteroatoms. The first kappa shape index (κ1) is 15.8. The lowest BCUT2D eigenvalue weighted by Crippen LogP contribution is -2.51. The van der Waals surface area contributed by atoms with Gasteiger partial charge < -0.3 is 14.6 Å². The van der Waals surface area contributed by atoms with Gasteiger partial charge in [0, 0.05) is 0 Å². The molecule has 0 aliphatic heterocycles. The van der Waals surface area contributed by atoms with Crippen LogP contribution in [0.15, 0.2) is 0 Å². The van der Waals surface area contributed by atoms with E-state index in [0.29, 0.717) is 6.42 Å². The van der Waals surface area contributed by atoms with Crippen molar-refractivity contribution in [3.8, 4) is 0 Å². The first-order valence-corrected chi connectivity index (χ1v) is 5.39. The van der Waals surface area contributed by atoms with E-state index < -0.39 is 29.4 Å². The number of rotatable bonds is 6. The zero-order valence-electron chi connectivity index (χ0n) is 10.4. The zero-order chi connectivity index (χ0) is 13.9. The molecule has 17 heavy (non-hydrogen) atoms. The van der Waals surface area contributed by atoms with Crippen LogP contribution in [0.4, 0.5) is 8.78 Å². The Labute approximate surface area is 99.0 Å². The first-order valence-electron chi connectivity index (χ1n) is 5.39. The summed E-state index contributed by atoms with van der Waals surface area (Å²) in [6, 6.07) is 0. The van der Waals surface area contributed by atoms with Crippen LogP contribution in [0.5, 0.6) is 0 Å². The first-order chi connectivity index (χ1) is 7.59. The van der Waals surface area contributed by atoms with E-state index >= 15 is 0 Å². The molecule has 0 saturated heterocycles. The number of carbonyl (C=O) groups is 2. The van der Waals surface area contributed by atoms with Gasteiger partial charge in [-0.05, 0) is 26.7 Å². The van der Waals surface area contributed by atoms with Gasteiger partial charge in [-0.15, -0.1) is 0 Å². The van der Waals surface area contributed by atoms with Crippen LogP contribution in [-0.2, 0) is 14.3 Å². The summed E-state index contributed by atoms with van der Waals surface area (Å²) in [4.78, 5) is 21.8. The summed E-state index contributed by atoms with van der Waals surface area (Å²) < 4.78 is 30.8. The number of carbonyl (C=O) groups excluding carboxylic acids is 2. The van der Waals surface area contributed by atoms with E-state index in [1.165, 1.54) is 6.92 Å². The van der Waals surface area contributed by atoms with E-state index in [1.54, 1.807) is 20.8 Å². The Balaban J connectivity index is 4.85. The van der Waals surface area contributed by atoms with Crippen LogP contribution < -0.4 is 5.11 Å². The second kappa shape index (κ2) is 5.42. The van der Waals surface area contributed by atoms with E-state index in [2.05, 4.69) is 4.74 Å². The number of halogens is 2. The highest BCUT2D eigenvalue weighted by atomic mass is 19.3. The molecule has 0 spiro atoms. The standard InChI is InChI=1S/C11H18F2O4/c1-5-7(11(12,13)8(14)15)17-9(16)10(3,4)6-2/h7H,5-6H2,1-4H3,(H,14,15)/p-1. The predicted octanol–water partition coefficient (Wildman–Crippen LogP) is 1.13. The van der Waals surface area contributed by atoms with Crippen LogP contribution in [0.2, 0.25) is 0 Å². The van der Waals surface area contributed by atoms with Gasteiger partial charge in [0.1, 0.15) is 5.97 Å². The fourth-order valence-electron chi connectivity index (χ4n) is 0.978. The van der Waals surface area contributed by atoms with Crippen molar-refractivity contribution in [3.05, 3.63) is 0 Å². The number of ether oxygens (including phenoxy) is 1. The smallest absolute Gasteiger partial charge is 0.323 e. The summed E-state index contributed by atoms with van der Waals surface area (Å²) in [5.41, 5.74) is -0.921. The Morgan fingerprint density at radius 3 is 2.06 bits per heavy atom. The second-order valence-corrected chi connectivity index (χ2v) is 4.45. The van der Waals surface area contributed by atoms with E-state index in [9.17, 15) is 23.5 Å². The van der Waals surface area contributed by atoms with Gasteiger partial charge in [0.05, 0.1) is 5.41 Å². The van der Waals surface area contributed by atoms with Crippen molar-refractivity contribution in [3.63, 3.8) is 0 Å². The zero-order valence-corrected chi connectivity index (χ0v) is 10.4. The van der Waals surface area contributed by atoms with Gasteiger partial charge in [-0.3, -0.25) is 4.79 Å². The number of esters is 1. The van der Waals surface area contributed by atoms with Crippen molar-refractivity contribution in [2.45, 2.75) is 52.6 Å². The molecule has 0 aliphatic carbocycles. The highest BCUT2D eigenvalue weighted by Gasteiger charge is 2.44.